The smallest absolute Gasteiger partial charge is 0.273 e. The van der Waals surface area contributed by atoms with Gasteiger partial charge in [0, 0.05) is 29.8 Å². The number of halogens is 1. The summed E-state index contributed by atoms with van der Waals surface area (Å²) in [6.45, 7) is 1.62. The van der Waals surface area contributed by atoms with Crippen molar-refractivity contribution >= 4 is 23.2 Å². The van der Waals surface area contributed by atoms with Crippen LogP contribution in [0.3, 0.4) is 0 Å². The molecular formula is C18H15FN4O3S. The van der Waals surface area contributed by atoms with E-state index in [-0.39, 0.29) is 28.6 Å². The van der Waals surface area contributed by atoms with E-state index in [1.165, 1.54) is 30.0 Å². The number of aromatic nitrogens is 3. The van der Waals surface area contributed by atoms with Gasteiger partial charge in [0.2, 0.25) is 0 Å². The van der Waals surface area contributed by atoms with Gasteiger partial charge in [0.25, 0.3) is 5.69 Å². The summed E-state index contributed by atoms with van der Waals surface area (Å²) in [4.78, 5) is 22.9. The fourth-order valence-electron chi connectivity index (χ4n) is 2.48. The minimum atomic E-state index is -0.503. The van der Waals surface area contributed by atoms with Crippen molar-refractivity contribution in [3.05, 3.63) is 69.5 Å². The Bertz CT molecular complexity index is 1020. The zero-order valence-electron chi connectivity index (χ0n) is 14.5. The number of nitrogens with zero attached hydrogens (tertiary/aromatic N) is 4. The number of rotatable bonds is 6. The molecule has 0 aliphatic rings. The number of carbonyl (C=O) groups excluding carboxylic acids is 1. The van der Waals surface area contributed by atoms with E-state index in [0.717, 1.165) is 0 Å². The molecule has 1 heterocycles. The highest BCUT2D eigenvalue weighted by Crippen LogP contribution is 2.25. The van der Waals surface area contributed by atoms with Gasteiger partial charge in [-0.25, -0.2) is 4.39 Å². The van der Waals surface area contributed by atoms with Crippen LogP contribution in [0, 0.1) is 22.9 Å². The van der Waals surface area contributed by atoms with Gasteiger partial charge in [-0.2, -0.15) is 0 Å². The average molecular weight is 386 g/mol. The zero-order valence-corrected chi connectivity index (χ0v) is 15.4. The number of nitro benzene ring substituents is 1. The van der Waals surface area contributed by atoms with E-state index < -0.39 is 4.92 Å². The second-order valence-electron chi connectivity index (χ2n) is 5.84. The van der Waals surface area contributed by atoms with Crippen LogP contribution in [-0.2, 0) is 7.05 Å². The summed E-state index contributed by atoms with van der Waals surface area (Å²) in [6.07, 6.45) is 0. The standard InChI is InChI=1S/C18H15FN4O3S/c1-11-3-4-13(9-15(11)23(25)26)16(24)10-27-18-21-20-17(22(18)2)12-5-7-14(19)8-6-12/h3-9H,10H2,1-2H3. The lowest BCUT2D eigenvalue weighted by molar-refractivity contribution is -0.385. The molecular weight excluding hydrogens is 371 g/mol. The van der Waals surface area contributed by atoms with Crippen LogP contribution in [0.1, 0.15) is 15.9 Å². The average Bonchev–Trinajstić information content (AvgIpc) is 3.01. The Labute approximate surface area is 158 Å². The van der Waals surface area contributed by atoms with Gasteiger partial charge < -0.3 is 4.57 Å². The van der Waals surface area contributed by atoms with E-state index in [1.807, 2.05) is 0 Å². The molecule has 0 radical (unpaired) electrons. The Hall–Kier alpha value is -3.07. The first-order chi connectivity index (χ1) is 12.9. The van der Waals surface area contributed by atoms with Gasteiger partial charge in [-0.05, 0) is 31.2 Å². The molecule has 2 aromatic carbocycles. The fraction of sp³-hybridized carbons (Fsp3) is 0.167. The maximum Gasteiger partial charge on any atom is 0.273 e. The van der Waals surface area contributed by atoms with Crippen LogP contribution in [-0.4, -0.2) is 31.2 Å². The molecule has 7 nitrogen and oxygen atoms in total. The first-order valence-corrected chi connectivity index (χ1v) is 8.91. The number of thioether (sulfide) groups is 1. The molecule has 3 aromatic rings. The van der Waals surface area contributed by atoms with Crippen molar-refractivity contribution in [3.63, 3.8) is 0 Å². The molecule has 0 aliphatic carbocycles. The maximum absolute atomic E-state index is 13.1. The Balaban J connectivity index is 1.74. The van der Waals surface area contributed by atoms with Crippen LogP contribution < -0.4 is 0 Å². The van der Waals surface area contributed by atoms with E-state index in [9.17, 15) is 19.3 Å². The van der Waals surface area contributed by atoms with Gasteiger partial charge in [0.05, 0.1) is 10.7 Å². The molecule has 0 spiro atoms. The van der Waals surface area contributed by atoms with Crippen molar-refractivity contribution in [3.8, 4) is 11.4 Å². The summed E-state index contributed by atoms with van der Waals surface area (Å²) >= 11 is 1.18. The van der Waals surface area contributed by atoms with Gasteiger partial charge in [0.15, 0.2) is 16.8 Å². The maximum atomic E-state index is 13.1. The van der Waals surface area contributed by atoms with Crippen molar-refractivity contribution in [2.45, 2.75) is 12.1 Å². The van der Waals surface area contributed by atoms with Crippen molar-refractivity contribution in [1.29, 1.82) is 0 Å². The van der Waals surface area contributed by atoms with Crippen LogP contribution in [0.25, 0.3) is 11.4 Å². The first kappa shape index (κ1) is 18.7. The molecule has 0 aliphatic heterocycles. The minimum absolute atomic E-state index is 0.0651. The molecule has 1 aromatic heterocycles. The van der Waals surface area contributed by atoms with Gasteiger partial charge in [-0.15, -0.1) is 10.2 Å². The van der Waals surface area contributed by atoms with Crippen LogP contribution in [0.15, 0.2) is 47.6 Å². The zero-order chi connectivity index (χ0) is 19.6. The summed E-state index contributed by atoms with van der Waals surface area (Å²) < 4.78 is 14.8. The number of Topliss-reactive ketones (excluding diaryl/α,β-unsaturated/α-hetero) is 1. The number of carbonyl (C=O) groups is 1. The number of ketones is 1. The molecule has 0 atom stereocenters. The second-order valence-corrected chi connectivity index (χ2v) is 6.78. The summed E-state index contributed by atoms with van der Waals surface area (Å²) in [7, 11) is 1.75. The molecule has 27 heavy (non-hydrogen) atoms. The van der Waals surface area contributed by atoms with E-state index in [2.05, 4.69) is 10.2 Å². The monoisotopic (exact) mass is 386 g/mol. The number of hydrogen-bond donors (Lipinski definition) is 0. The van der Waals surface area contributed by atoms with E-state index in [1.54, 1.807) is 42.8 Å². The first-order valence-electron chi connectivity index (χ1n) is 7.93. The molecule has 9 heteroatoms. The molecule has 0 saturated heterocycles. The third kappa shape index (κ3) is 4.03. The normalized spacial score (nSPS) is 10.8. The SMILES string of the molecule is Cc1ccc(C(=O)CSc2nnc(-c3ccc(F)cc3)n2C)cc1[N+](=O)[O-]. The van der Waals surface area contributed by atoms with Gasteiger partial charge in [0.1, 0.15) is 5.82 Å². The summed E-state index contributed by atoms with van der Waals surface area (Å²) in [5.74, 6) is 0.0361. The van der Waals surface area contributed by atoms with E-state index in [0.29, 0.717) is 22.1 Å². The largest absolute Gasteiger partial charge is 0.305 e. The molecule has 0 bridgehead atoms. The number of aryl methyl sites for hydroxylation is 1. The van der Waals surface area contributed by atoms with Gasteiger partial charge in [-0.3, -0.25) is 14.9 Å². The van der Waals surface area contributed by atoms with Gasteiger partial charge >= 0.3 is 0 Å². The molecule has 0 unspecified atom stereocenters. The molecule has 138 valence electrons. The molecule has 0 saturated carbocycles. The van der Waals surface area contributed by atoms with Crippen molar-refractivity contribution in [2.24, 2.45) is 7.05 Å². The quantitative estimate of drug-likeness (QED) is 0.277. The lowest BCUT2D eigenvalue weighted by Gasteiger charge is -2.05. The highest BCUT2D eigenvalue weighted by Gasteiger charge is 2.17. The van der Waals surface area contributed by atoms with Crippen molar-refractivity contribution < 1.29 is 14.1 Å². The van der Waals surface area contributed by atoms with Crippen LogP contribution in [0.4, 0.5) is 10.1 Å². The van der Waals surface area contributed by atoms with Crippen molar-refractivity contribution in [1.82, 2.24) is 14.8 Å². The fourth-order valence-corrected chi connectivity index (χ4v) is 3.29. The van der Waals surface area contributed by atoms with E-state index >= 15 is 0 Å². The predicted molar refractivity (Wildman–Crippen MR) is 99.3 cm³/mol. The number of nitro groups is 1. The molecule has 0 N–H and O–H groups in total. The highest BCUT2D eigenvalue weighted by molar-refractivity contribution is 7.99. The molecule has 3 rings (SSSR count). The highest BCUT2D eigenvalue weighted by atomic mass is 32.2. The third-order valence-electron chi connectivity index (χ3n) is 4.00. The van der Waals surface area contributed by atoms with Gasteiger partial charge in [-0.1, -0.05) is 23.9 Å². The van der Waals surface area contributed by atoms with Crippen molar-refractivity contribution in [2.75, 3.05) is 5.75 Å². The van der Waals surface area contributed by atoms with Crippen LogP contribution >= 0.6 is 11.8 Å². The summed E-state index contributed by atoms with van der Waals surface area (Å²) in [5, 5.41) is 19.7. The predicted octanol–water partition coefficient (Wildman–Crippen LogP) is 3.81. The minimum Gasteiger partial charge on any atom is -0.305 e. The van der Waals surface area contributed by atoms with Crippen LogP contribution in [0.5, 0.6) is 0 Å². The Morgan fingerprint density at radius 1 is 1.22 bits per heavy atom. The summed E-state index contributed by atoms with van der Waals surface area (Å²) in [6, 6.07) is 10.3. The molecule has 0 amide bonds. The number of benzene rings is 2. The van der Waals surface area contributed by atoms with E-state index in [4.69, 9.17) is 0 Å². The number of hydrogen-bond acceptors (Lipinski definition) is 6. The lowest BCUT2D eigenvalue weighted by atomic mass is 10.1. The Morgan fingerprint density at radius 2 is 1.93 bits per heavy atom. The Morgan fingerprint density at radius 3 is 2.59 bits per heavy atom. The van der Waals surface area contributed by atoms with Crippen LogP contribution in [0.2, 0.25) is 0 Å². The summed E-state index contributed by atoms with van der Waals surface area (Å²) in [5.41, 5.74) is 1.41. The molecule has 0 fully saturated rings. The topological polar surface area (TPSA) is 90.9 Å². The lowest BCUT2D eigenvalue weighted by Crippen LogP contribution is -2.05. The second kappa shape index (κ2) is 7.67. The third-order valence-corrected chi connectivity index (χ3v) is 5.02. The Kier molecular flexibility index (Phi) is 5.31.